The number of ether oxygens (including phenoxy) is 1. The van der Waals surface area contributed by atoms with Crippen molar-refractivity contribution in [3.63, 3.8) is 0 Å². The highest BCUT2D eigenvalue weighted by Gasteiger charge is 2.12. The van der Waals surface area contributed by atoms with E-state index in [0.29, 0.717) is 17.0 Å². The quantitative estimate of drug-likeness (QED) is 0.244. The molecule has 0 spiro atoms. The number of aliphatic imine (C=N–C) groups is 1. The molecular weight excluding hydrogens is 382 g/mol. The van der Waals surface area contributed by atoms with Gasteiger partial charge in [0.1, 0.15) is 5.75 Å². The molecule has 0 aliphatic rings. The summed E-state index contributed by atoms with van der Waals surface area (Å²) >= 11 is 0. The summed E-state index contributed by atoms with van der Waals surface area (Å²) in [5.41, 5.74) is 8.70. The summed E-state index contributed by atoms with van der Waals surface area (Å²) in [7, 11) is 1.54. The van der Waals surface area contributed by atoms with Gasteiger partial charge in [-0.1, -0.05) is 55.6 Å². The number of carbonyl (C=O) groups is 1. The van der Waals surface area contributed by atoms with Gasteiger partial charge in [-0.2, -0.15) is 0 Å². The van der Waals surface area contributed by atoms with Crippen LogP contribution in [-0.2, 0) is 0 Å². The third-order valence-corrected chi connectivity index (χ3v) is 5.37. The van der Waals surface area contributed by atoms with Crippen molar-refractivity contribution >= 4 is 17.2 Å². The van der Waals surface area contributed by atoms with Crippen molar-refractivity contribution < 1.29 is 9.53 Å². The molecular formula is C28H27NO2. The first-order chi connectivity index (χ1) is 14.8. The lowest BCUT2D eigenvalue weighted by atomic mass is 9.94. The van der Waals surface area contributed by atoms with Crippen LogP contribution in [0, 0.1) is 13.8 Å². The first-order valence-corrected chi connectivity index (χ1v) is 10.1. The van der Waals surface area contributed by atoms with Gasteiger partial charge in [0.15, 0.2) is 5.78 Å². The van der Waals surface area contributed by atoms with Crippen molar-refractivity contribution in [3.8, 4) is 16.9 Å². The van der Waals surface area contributed by atoms with Crippen LogP contribution in [0.4, 0.5) is 0 Å². The molecule has 0 heterocycles. The highest BCUT2D eigenvalue weighted by Crippen LogP contribution is 2.28. The van der Waals surface area contributed by atoms with Crippen molar-refractivity contribution in [2.75, 3.05) is 7.11 Å². The second-order valence-corrected chi connectivity index (χ2v) is 7.47. The van der Waals surface area contributed by atoms with E-state index in [0.717, 1.165) is 16.8 Å². The molecule has 0 aromatic heterocycles. The number of aryl methyl sites for hydroxylation is 2. The van der Waals surface area contributed by atoms with E-state index in [9.17, 15) is 4.79 Å². The fourth-order valence-electron chi connectivity index (χ4n) is 3.58. The van der Waals surface area contributed by atoms with Gasteiger partial charge >= 0.3 is 0 Å². The van der Waals surface area contributed by atoms with E-state index in [2.05, 4.69) is 69.5 Å². The predicted octanol–water partition coefficient (Wildman–Crippen LogP) is 6.83. The standard InChI is InChI=1S/C28H27NO2/c1-7-27(30)26-15-13-23(17-28(26)31-6)21(5)29-20(4)22-12-14-25(19(3)16-22)24-11-9-8-10-18(24)2/h7-17H,1,5H2,2-4,6H3. The molecule has 3 nitrogen and oxygen atoms in total. The average Bonchev–Trinajstić information content (AvgIpc) is 2.78. The Labute approximate surface area is 184 Å². The molecule has 3 heteroatoms. The molecule has 0 fully saturated rings. The molecule has 0 amide bonds. The molecule has 156 valence electrons. The third-order valence-electron chi connectivity index (χ3n) is 5.37. The molecule has 0 bridgehead atoms. The number of hydrogen-bond donors (Lipinski definition) is 0. The van der Waals surface area contributed by atoms with Gasteiger partial charge in [0.05, 0.1) is 18.4 Å². The summed E-state index contributed by atoms with van der Waals surface area (Å²) in [4.78, 5) is 16.7. The molecule has 0 atom stereocenters. The van der Waals surface area contributed by atoms with Crippen molar-refractivity contribution in [1.82, 2.24) is 0 Å². The molecule has 31 heavy (non-hydrogen) atoms. The Morgan fingerprint density at radius 2 is 1.61 bits per heavy atom. The van der Waals surface area contributed by atoms with Crippen LogP contribution in [0.15, 0.2) is 84.9 Å². The summed E-state index contributed by atoms with van der Waals surface area (Å²) in [6, 6.07) is 20.1. The SMILES string of the molecule is C=CC(=O)c1ccc(C(=C)N=C(C)c2ccc(-c3ccccc3C)c(C)c2)cc1OC. The van der Waals surface area contributed by atoms with Crippen LogP contribution in [-0.4, -0.2) is 18.6 Å². The largest absolute Gasteiger partial charge is 0.496 e. The van der Waals surface area contributed by atoms with Gasteiger partial charge in [-0.15, -0.1) is 0 Å². The van der Waals surface area contributed by atoms with E-state index >= 15 is 0 Å². The van der Waals surface area contributed by atoms with Gasteiger partial charge < -0.3 is 4.74 Å². The zero-order valence-corrected chi connectivity index (χ0v) is 18.5. The van der Waals surface area contributed by atoms with Crippen molar-refractivity contribution in [3.05, 3.63) is 108 Å². The predicted molar refractivity (Wildman–Crippen MR) is 130 cm³/mol. The number of hydrogen-bond acceptors (Lipinski definition) is 3. The second kappa shape index (κ2) is 9.40. The fraction of sp³-hybridized carbons (Fsp3) is 0.143. The maximum atomic E-state index is 12.0. The van der Waals surface area contributed by atoms with E-state index in [1.165, 1.54) is 35.4 Å². The van der Waals surface area contributed by atoms with Crippen molar-refractivity contribution in [2.45, 2.75) is 20.8 Å². The first-order valence-electron chi connectivity index (χ1n) is 10.1. The Hall–Kier alpha value is -3.72. The summed E-state index contributed by atoms with van der Waals surface area (Å²) < 4.78 is 5.37. The Morgan fingerprint density at radius 3 is 2.26 bits per heavy atom. The van der Waals surface area contributed by atoms with Crippen LogP contribution in [0.3, 0.4) is 0 Å². The molecule has 0 unspecified atom stereocenters. The average molecular weight is 410 g/mol. The minimum atomic E-state index is -0.182. The molecule has 3 rings (SSSR count). The van der Waals surface area contributed by atoms with Crippen LogP contribution in [0.25, 0.3) is 16.8 Å². The lowest BCUT2D eigenvalue weighted by Crippen LogP contribution is -2.00. The minimum Gasteiger partial charge on any atom is -0.496 e. The van der Waals surface area contributed by atoms with Crippen LogP contribution >= 0.6 is 0 Å². The van der Waals surface area contributed by atoms with E-state index in [1.54, 1.807) is 12.1 Å². The summed E-state index contributed by atoms with van der Waals surface area (Å²) in [6.45, 7) is 13.9. The number of nitrogens with zero attached hydrogens (tertiary/aromatic N) is 1. The summed E-state index contributed by atoms with van der Waals surface area (Å²) in [5, 5.41) is 0. The smallest absolute Gasteiger partial charge is 0.188 e. The third kappa shape index (κ3) is 4.72. The highest BCUT2D eigenvalue weighted by atomic mass is 16.5. The van der Waals surface area contributed by atoms with Gasteiger partial charge in [-0.3, -0.25) is 9.79 Å². The number of methoxy groups -OCH3 is 1. The lowest BCUT2D eigenvalue weighted by molar-refractivity contribution is 0.104. The number of ketones is 1. The molecule has 3 aromatic rings. The van der Waals surface area contributed by atoms with E-state index < -0.39 is 0 Å². The number of rotatable bonds is 7. The van der Waals surface area contributed by atoms with Gasteiger partial charge in [0.25, 0.3) is 0 Å². The van der Waals surface area contributed by atoms with Gasteiger partial charge in [0.2, 0.25) is 0 Å². The maximum Gasteiger partial charge on any atom is 0.188 e. The zero-order valence-electron chi connectivity index (χ0n) is 18.5. The van der Waals surface area contributed by atoms with Gasteiger partial charge in [0, 0.05) is 11.3 Å². The Morgan fingerprint density at radius 1 is 0.935 bits per heavy atom. The second-order valence-electron chi connectivity index (χ2n) is 7.47. The van der Waals surface area contributed by atoms with E-state index in [4.69, 9.17) is 9.73 Å². The molecule has 0 saturated heterocycles. The van der Waals surface area contributed by atoms with Crippen LogP contribution in [0.5, 0.6) is 5.75 Å². The van der Waals surface area contributed by atoms with Crippen LogP contribution in [0.2, 0.25) is 0 Å². The van der Waals surface area contributed by atoms with E-state index in [1.807, 2.05) is 13.0 Å². The van der Waals surface area contributed by atoms with Crippen LogP contribution < -0.4 is 4.74 Å². The number of benzene rings is 3. The molecule has 0 N–H and O–H groups in total. The Kier molecular flexibility index (Phi) is 6.66. The maximum absolute atomic E-state index is 12.0. The number of carbonyl (C=O) groups excluding carboxylic acids is 1. The molecule has 0 aliphatic heterocycles. The first kappa shape index (κ1) is 22.0. The number of allylic oxidation sites excluding steroid dienone is 1. The van der Waals surface area contributed by atoms with Crippen molar-refractivity contribution in [1.29, 1.82) is 0 Å². The normalized spacial score (nSPS) is 11.2. The molecule has 0 aliphatic carbocycles. The fourth-order valence-corrected chi connectivity index (χ4v) is 3.58. The Bertz CT molecular complexity index is 1200. The van der Waals surface area contributed by atoms with Gasteiger partial charge in [-0.05, 0) is 72.9 Å². The molecule has 0 radical (unpaired) electrons. The zero-order chi connectivity index (χ0) is 22.5. The monoisotopic (exact) mass is 409 g/mol. The van der Waals surface area contributed by atoms with Crippen LogP contribution in [0.1, 0.15) is 39.5 Å². The molecule has 3 aromatic carbocycles. The van der Waals surface area contributed by atoms with Gasteiger partial charge in [-0.25, -0.2) is 0 Å². The summed E-state index contributed by atoms with van der Waals surface area (Å²) in [5.74, 6) is 0.299. The molecule has 0 saturated carbocycles. The topological polar surface area (TPSA) is 38.7 Å². The lowest BCUT2D eigenvalue weighted by Gasteiger charge is -2.12. The van der Waals surface area contributed by atoms with Crippen molar-refractivity contribution in [2.24, 2.45) is 4.99 Å². The summed E-state index contributed by atoms with van der Waals surface area (Å²) in [6.07, 6.45) is 1.28. The highest BCUT2D eigenvalue weighted by molar-refractivity contribution is 6.06. The minimum absolute atomic E-state index is 0.182. The Balaban J connectivity index is 1.90. The van der Waals surface area contributed by atoms with E-state index in [-0.39, 0.29) is 5.78 Å².